The maximum atomic E-state index is 12.3. The predicted octanol–water partition coefficient (Wildman–Crippen LogP) is 8.72. The van der Waals surface area contributed by atoms with Crippen LogP contribution in [0.2, 0.25) is 15.1 Å². The number of halogens is 3. The third-order valence-electron chi connectivity index (χ3n) is 6.80. The van der Waals surface area contributed by atoms with E-state index in [9.17, 15) is 9.59 Å². The van der Waals surface area contributed by atoms with Gasteiger partial charge in [-0.25, -0.2) is 9.59 Å². The van der Waals surface area contributed by atoms with E-state index >= 15 is 0 Å². The van der Waals surface area contributed by atoms with E-state index in [4.69, 9.17) is 53.8 Å². The van der Waals surface area contributed by atoms with E-state index in [-0.39, 0.29) is 12.2 Å². The highest BCUT2D eigenvalue weighted by atomic mass is 35.5. The second-order valence-electron chi connectivity index (χ2n) is 12.6. The van der Waals surface area contributed by atoms with Gasteiger partial charge in [0.1, 0.15) is 17.0 Å². The van der Waals surface area contributed by atoms with Gasteiger partial charge in [0.05, 0.1) is 29.3 Å². The molecule has 2 aromatic rings. The maximum Gasteiger partial charge on any atom is 0.410 e. The monoisotopic (exact) mass is 656 g/mol. The van der Waals surface area contributed by atoms with E-state index in [1.54, 1.807) is 24.0 Å². The molecule has 0 N–H and O–H groups in total. The molecular formula is C32H43Cl3N2O6. The minimum Gasteiger partial charge on any atom is -0.495 e. The van der Waals surface area contributed by atoms with Crippen molar-refractivity contribution in [2.75, 3.05) is 27.3 Å². The first kappa shape index (κ1) is 34.9. The summed E-state index contributed by atoms with van der Waals surface area (Å²) in [7, 11) is 3.15. The summed E-state index contributed by atoms with van der Waals surface area (Å²) >= 11 is 18.8. The molecule has 0 saturated heterocycles. The quantitative estimate of drug-likeness (QED) is 0.322. The fraction of sp³-hybridized carbons (Fsp3) is 0.562. The van der Waals surface area contributed by atoms with Gasteiger partial charge in [0, 0.05) is 26.2 Å². The number of carbonyl (C=O) groups excluding carboxylic acids is 2. The summed E-state index contributed by atoms with van der Waals surface area (Å²) in [6, 6.07) is 5.68. The van der Waals surface area contributed by atoms with Gasteiger partial charge in [0.2, 0.25) is 0 Å². The Labute approximate surface area is 270 Å². The lowest BCUT2D eigenvalue weighted by molar-refractivity contribution is 0.0226. The van der Waals surface area contributed by atoms with E-state index in [1.165, 1.54) is 5.56 Å². The molecule has 2 aromatic carbocycles. The van der Waals surface area contributed by atoms with Crippen LogP contribution in [0.3, 0.4) is 0 Å². The van der Waals surface area contributed by atoms with Crippen LogP contribution in [0.15, 0.2) is 18.2 Å². The Kier molecular flexibility index (Phi) is 11.8. The number of hydrogen-bond donors (Lipinski definition) is 0. The van der Waals surface area contributed by atoms with E-state index in [0.717, 1.165) is 42.4 Å². The largest absolute Gasteiger partial charge is 0.495 e. The Morgan fingerprint density at radius 2 is 1.21 bits per heavy atom. The molecule has 0 aromatic heterocycles. The van der Waals surface area contributed by atoms with Crippen LogP contribution in [-0.4, -0.2) is 60.5 Å². The molecule has 11 heteroatoms. The summed E-state index contributed by atoms with van der Waals surface area (Å²) in [5.74, 6) is 1.17. The summed E-state index contributed by atoms with van der Waals surface area (Å²) in [4.78, 5) is 27.9. The van der Waals surface area contributed by atoms with Crippen molar-refractivity contribution in [3.8, 4) is 11.5 Å². The van der Waals surface area contributed by atoms with Gasteiger partial charge in [-0.2, -0.15) is 0 Å². The zero-order valence-corrected chi connectivity index (χ0v) is 28.6. The van der Waals surface area contributed by atoms with Crippen LogP contribution in [0.5, 0.6) is 11.5 Å². The van der Waals surface area contributed by atoms with E-state index in [2.05, 4.69) is 0 Å². The molecule has 2 heterocycles. The second-order valence-corrected chi connectivity index (χ2v) is 13.8. The van der Waals surface area contributed by atoms with Crippen molar-refractivity contribution < 1.29 is 28.5 Å². The first-order chi connectivity index (χ1) is 20.0. The number of carbonyl (C=O) groups is 2. The van der Waals surface area contributed by atoms with Gasteiger partial charge in [-0.1, -0.05) is 34.8 Å². The topological polar surface area (TPSA) is 77.5 Å². The molecule has 0 bridgehead atoms. The standard InChI is InChI=1S/C16H21Cl2NO3.C16H22ClNO3/c1-16(2,3)22-15(20)19-7-5-6-11-10(9-19)8-12(17)14(21-4)13(11)18;1-16(2,3)21-15(19)18-7-5-6-11-9-14(20-4)13(17)8-12(11)10-18/h8H,5-7,9H2,1-4H3;8-9H,5-7,10H2,1-4H3. The lowest BCUT2D eigenvalue weighted by Gasteiger charge is -2.26. The highest BCUT2D eigenvalue weighted by molar-refractivity contribution is 6.37. The zero-order chi connectivity index (χ0) is 32.1. The molecule has 0 aliphatic carbocycles. The molecule has 2 amide bonds. The minimum absolute atomic E-state index is 0.276. The number of aryl methyl sites for hydroxylation is 1. The van der Waals surface area contributed by atoms with Crippen molar-refractivity contribution in [3.63, 3.8) is 0 Å². The molecule has 0 fully saturated rings. The van der Waals surface area contributed by atoms with Crippen molar-refractivity contribution in [2.45, 2.75) is 91.5 Å². The predicted molar refractivity (Wildman–Crippen MR) is 171 cm³/mol. The van der Waals surface area contributed by atoms with Crippen molar-refractivity contribution in [1.82, 2.24) is 9.80 Å². The Hall–Kier alpha value is -2.55. The van der Waals surface area contributed by atoms with E-state index < -0.39 is 11.2 Å². The summed E-state index contributed by atoms with van der Waals surface area (Å²) in [5, 5.41) is 1.57. The van der Waals surface area contributed by atoms with Crippen LogP contribution in [-0.2, 0) is 35.4 Å². The number of fused-ring (bicyclic) bond motifs is 2. The van der Waals surface area contributed by atoms with Crippen LogP contribution in [0.4, 0.5) is 9.59 Å². The molecule has 4 rings (SSSR count). The molecule has 43 heavy (non-hydrogen) atoms. The molecule has 0 unspecified atom stereocenters. The highest BCUT2D eigenvalue weighted by Crippen LogP contribution is 2.39. The number of benzene rings is 2. The first-order valence-corrected chi connectivity index (χ1v) is 15.5. The number of amides is 2. The Bertz CT molecular complexity index is 1320. The Morgan fingerprint density at radius 1 is 0.698 bits per heavy atom. The van der Waals surface area contributed by atoms with Crippen LogP contribution in [0.25, 0.3) is 0 Å². The number of rotatable bonds is 2. The molecule has 0 radical (unpaired) electrons. The SMILES string of the molecule is COc1c(Cl)cc2c(c1Cl)CCCN(C(=O)OC(C)(C)C)C2.COc1cc2c(cc1Cl)CN(C(=O)OC(C)(C)C)CCC2. The van der Waals surface area contributed by atoms with Gasteiger partial charge in [-0.15, -0.1) is 0 Å². The molecule has 0 spiro atoms. The molecule has 2 aliphatic rings. The summed E-state index contributed by atoms with van der Waals surface area (Å²) < 4.78 is 21.4. The lowest BCUT2D eigenvalue weighted by atomic mass is 10.0. The van der Waals surface area contributed by atoms with Crippen LogP contribution >= 0.6 is 34.8 Å². The zero-order valence-electron chi connectivity index (χ0n) is 26.4. The maximum absolute atomic E-state index is 12.3. The third kappa shape index (κ3) is 9.72. The summed E-state index contributed by atoms with van der Waals surface area (Å²) in [6.45, 7) is 13.5. The third-order valence-corrected chi connectivity index (χ3v) is 7.78. The Balaban J connectivity index is 0.000000236. The van der Waals surface area contributed by atoms with Gasteiger partial charge < -0.3 is 28.7 Å². The molecule has 238 valence electrons. The minimum atomic E-state index is -0.512. The smallest absolute Gasteiger partial charge is 0.410 e. The molecular weight excluding hydrogens is 615 g/mol. The second kappa shape index (κ2) is 14.5. The van der Waals surface area contributed by atoms with Gasteiger partial charge in [-0.05, 0) is 108 Å². The molecule has 2 aliphatic heterocycles. The van der Waals surface area contributed by atoms with Crippen LogP contribution in [0, 0.1) is 0 Å². The van der Waals surface area contributed by atoms with Crippen molar-refractivity contribution >= 4 is 47.0 Å². The first-order valence-electron chi connectivity index (χ1n) is 14.4. The van der Waals surface area contributed by atoms with E-state index in [1.807, 2.05) is 59.7 Å². The Morgan fingerprint density at radius 3 is 1.72 bits per heavy atom. The molecule has 0 atom stereocenters. The lowest BCUT2D eigenvalue weighted by Crippen LogP contribution is -2.36. The van der Waals surface area contributed by atoms with Crippen LogP contribution in [0.1, 0.15) is 76.6 Å². The highest BCUT2D eigenvalue weighted by Gasteiger charge is 2.28. The number of hydrogen-bond acceptors (Lipinski definition) is 6. The van der Waals surface area contributed by atoms with Gasteiger partial charge in [0.15, 0.2) is 5.75 Å². The number of nitrogens with zero attached hydrogens (tertiary/aromatic N) is 2. The average molecular weight is 658 g/mol. The summed E-state index contributed by atoms with van der Waals surface area (Å²) in [5.41, 5.74) is 3.19. The van der Waals surface area contributed by atoms with E-state index in [0.29, 0.717) is 52.7 Å². The summed E-state index contributed by atoms with van der Waals surface area (Å²) in [6.07, 6.45) is 2.81. The van der Waals surface area contributed by atoms with Crippen LogP contribution < -0.4 is 9.47 Å². The number of ether oxygens (including phenoxy) is 4. The fourth-order valence-corrected chi connectivity index (χ4v) is 5.91. The van der Waals surface area contributed by atoms with Crippen molar-refractivity contribution in [2.24, 2.45) is 0 Å². The fourth-order valence-electron chi connectivity index (χ4n) is 4.90. The van der Waals surface area contributed by atoms with Crippen molar-refractivity contribution in [1.29, 1.82) is 0 Å². The van der Waals surface area contributed by atoms with Gasteiger partial charge in [0.25, 0.3) is 0 Å². The van der Waals surface area contributed by atoms with Crippen molar-refractivity contribution in [3.05, 3.63) is 55.5 Å². The van der Waals surface area contributed by atoms with Gasteiger partial charge in [-0.3, -0.25) is 0 Å². The molecule has 0 saturated carbocycles. The van der Waals surface area contributed by atoms with Gasteiger partial charge >= 0.3 is 12.2 Å². The average Bonchev–Trinajstić information content (AvgIpc) is 3.23. The normalized spacial score (nSPS) is 15.1. The molecule has 8 nitrogen and oxygen atoms in total. The number of methoxy groups -OCH3 is 2.